The highest BCUT2D eigenvalue weighted by atomic mass is 35.5. The van der Waals surface area contributed by atoms with Crippen molar-refractivity contribution in [2.45, 2.75) is 10.8 Å². The van der Waals surface area contributed by atoms with E-state index in [2.05, 4.69) is 5.32 Å². The zero-order valence-corrected chi connectivity index (χ0v) is 8.65. The molecule has 0 aromatic heterocycles. The van der Waals surface area contributed by atoms with Crippen LogP contribution in [0.3, 0.4) is 0 Å². The Bertz CT molecular complexity index is 284. The first-order valence-electron chi connectivity index (χ1n) is 4.35. The van der Waals surface area contributed by atoms with E-state index >= 15 is 0 Å². The summed E-state index contributed by atoms with van der Waals surface area (Å²) in [6.45, 7) is 0.858. The first-order chi connectivity index (χ1) is 6.18. The molecule has 1 fully saturated rings. The number of benzene rings is 1. The molecule has 1 atom stereocenters. The summed E-state index contributed by atoms with van der Waals surface area (Å²) in [6.07, 6.45) is 0.899. The highest BCUT2D eigenvalue weighted by Crippen LogP contribution is 2.52. The molecule has 1 aromatic carbocycles. The number of rotatable bonds is 3. The van der Waals surface area contributed by atoms with Gasteiger partial charge in [0, 0.05) is 18.2 Å². The van der Waals surface area contributed by atoms with Crippen molar-refractivity contribution in [1.82, 2.24) is 0 Å². The van der Waals surface area contributed by atoms with Gasteiger partial charge in [-0.2, -0.15) is 0 Å². The van der Waals surface area contributed by atoms with Crippen molar-refractivity contribution in [2.24, 2.45) is 5.92 Å². The fourth-order valence-corrected chi connectivity index (χ4v) is 1.81. The lowest BCUT2D eigenvalue weighted by atomic mass is 10.3. The van der Waals surface area contributed by atoms with Crippen LogP contribution in [0.15, 0.2) is 30.3 Å². The van der Waals surface area contributed by atoms with Crippen LogP contribution in [0.2, 0.25) is 0 Å². The molecular weight excluding hydrogens is 205 g/mol. The second kappa shape index (κ2) is 3.39. The Labute approximate surface area is 88.0 Å². The molecule has 13 heavy (non-hydrogen) atoms. The summed E-state index contributed by atoms with van der Waals surface area (Å²) >= 11 is 11.8. The predicted molar refractivity (Wildman–Crippen MR) is 57.5 cm³/mol. The lowest BCUT2D eigenvalue weighted by Crippen LogP contribution is -2.06. The Morgan fingerprint density at radius 1 is 1.31 bits per heavy atom. The lowest BCUT2D eigenvalue weighted by Gasteiger charge is -2.05. The van der Waals surface area contributed by atoms with E-state index in [-0.39, 0.29) is 0 Å². The van der Waals surface area contributed by atoms with E-state index in [1.165, 1.54) is 0 Å². The molecule has 2 rings (SSSR count). The molecule has 0 aliphatic heterocycles. The Balaban J connectivity index is 1.82. The molecule has 1 saturated carbocycles. The third-order valence-corrected chi connectivity index (χ3v) is 3.21. The van der Waals surface area contributed by atoms with Gasteiger partial charge in [-0.15, -0.1) is 23.2 Å². The van der Waals surface area contributed by atoms with E-state index in [9.17, 15) is 0 Å². The van der Waals surface area contributed by atoms with Crippen LogP contribution in [0.25, 0.3) is 0 Å². The smallest absolute Gasteiger partial charge is 0.123 e. The molecule has 0 radical (unpaired) electrons. The molecule has 1 aromatic rings. The topological polar surface area (TPSA) is 12.0 Å². The van der Waals surface area contributed by atoms with Crippen molar-refractivity contribution in [3.8, 4) is 0 Å². The number of hydrogen-bond acceptors (Lipinski definition) is 1. The number of nitrogens with one attached hydrogen (secondary N) is 1. The molecule has 1 unspecified atom stereocenters. The van der Waals surface area contributed by atoms with Crippen LogP contribution >= 0.6 is 23.2 Å². The van der Waals surface area contributed by atoms with Crippen molar-refractivity contribution < 1.29 is 0 Å². The van der Waals surface area contributed by atoms with Crippen LogP contribution in [0.1, 0.15) is 6.42 Å². The van der Waals surface area contributed by atoms with E-state index in [0.717, 1.165) is 18.7 Å². The van der Waals surface area contributed by atoms with Gasteiger partial charge in [0.1, 0.15) is 4.33 Å². The first-order valence-corrected chi connectivity index (χ1v) is 5.11. The van der Waals surface area contributed by atoms with Gasteiger partial charge in [-0.05, 0) is 18.6 Å². The highest BCUT2D eigenvalue weighted by Gasteiger charge is 2.51. The normalized spacial score (nSPS) is 24.0. The molecule has 1 aliphatic rings. The first kappa shape index (κ1) is 9.17. The number of halogens is 2. The predicted octanol–water partition coefficient (Wildman–Crippen LogP) is 3.29. The van der Waals surface area contributed by atoms with Gasteiger partial charge in [0.15, 0.2) is 0 Å². The monoisotopic (exact) mass is 215 g/mol. The van der Waals surface area contributed by atoms with E-state index in [0.29, 0.717) is 5.92 Å². The molecule has 1 aliphatic carbocycles. The summed E-state index contributed by atoms with van der Waals surface area (Å²) in [5, 5.41) is 3.29. The van der Waals surface area contributed by atoms with Crippen LogP contribution < -0.4 is 5.32 Å². The average Bonchev–Trinajstić information content (AvgIpc) is 2.73. The van der Waals surface area contributed by atoms with Crippen LogP contribution in [-0.2, 0) is 0 Å². The maximum atomic E-state index is 5.90. The van der Waals surface area contributed by atoms with Crippen molar-refractivity contribution in [3.63, 3.8) is 0 Å². The van der Waals surface area contributed by atoms with Crippen LogP contribution in [0, 0.1) is 5.92 Å². The number of alkyl halides is 2. The van der Waals surface area contributed by atoms with Crippen molar-refractivity contribution in [1.29, 1.82) is 0 Å². The van der Waals surface area contributed by atoms with Gasteiger partial charge in [0.05, 0.1) is 0 Å². The van der Waals surface area contributed by atoms with Gasteiger partial charge in [-0.25, -0.2) is 0 Å². The largest absolute Gasteiger partial charge is 0.385 e. The summed E-state index contributed by atoms with van der Waals surface area (Å²) in [5.41, 5.74) is 1.12. The van der Waals surface area contributed by atoms with E-state index < -0.39 is 4.33 Å². The van der Waals surface area contributed by atoms with Gasteiger partial charge in [0.25, 0.3) is 0 Å². The Morgan fingerprint density at radius 2 is 1.92 bits per heavy atom. The van der Waals surface area contributed by atoms with Crippen molar-refractivity contribution in [2.75, 3.05) is 11.9 Å². The zero-order chi connectivity index (χ0) is 9.31. The van der Waals surface area contributed by atoms with Gasteiger partial charge < -0.3 is 5.32 Å². The molecule has 1 nitrogen and oxygen atoms in total. The summed E-state index contributed by atoms with van der Waals surface area (Å²) in [4.78, 5) is 0. The molecular formula is C10H11Cl2N. The van der Waals surface area contributed by atoms with Crippen LogP contribution in [0.5, 0.6) is 0 Å². The van der Waals surface area contributed by atoms with Gasteiger partial charge in [0.2, 0.25) is 0 Å². The van der Waals surface area contributed by atoms with Gasteiger partial charge in [-0.3, -0.25) is 0 Å². The van der Waals surface area contributed by atoms with Crippen LogP contribution in [-0.4, -0.2) is 10.9 Å². The van der Waals surface area contributed by atoms with Gasteiger partial charge in [-0.1, -0.05) is 18.2 Å². The van der Waals surface area contributed by atoms with E-state index in [4.69, 9.17) is 23.2 Å². The Morgan fingerprint density at radius 3 is 2.46 bits per heavy atom. The molecule has 0 saturated heterocycles. The standard InChI is InChI=1S/C10H11Cl2N/c11-10(12)6-8(10)7-13-9-4-2-1-3-5-9/h1-5,8,13H,6-7H2. The SMILES string of the molecule is ClC1(Cl)CC1CNc1ccccc1. The maximum absolute atomic E-state index is 5.90. The highest BCUT2D eigenvalue weighted by molar-refractivity contribution is 6.50. The summed E-state index contributed by atoms with van der Waals surface area (Å²) in [6, 6.07) is 10.1. The number of para-hydroxylation sites is 1. The van der Waals surface area contributed by atoms with Crippen molar-refractivity contribution >= 4 is 28.9 Å². The molecule has 1 N–H and O–H groups in total. The molecule has 3 heteroatoms. The third-order valence-electron chi connectivity index (χ3n) is 2.28. The second-order valence-corrected chi connectivity index (χ2v) is 4.95. The summed E-state index contributed by atoms with van der Waals surface area (Å²) < 4.78 is -0.470. The average molecular weight is 216 g/mol. The number of hydrogen-bond donors (Lipinski definition) is 1. The second-order valence-electron chi connectivity index (χ2n) is 3.41. The molecule has 0 spiro atoms. The van der Waals surface area contributed by atoms with Gasteiger partial charge >= 0.3 is 0 Å². The number of anilines is 1. The van der Waals surface area contributed by atoms with Crippen LogP contribution in [0.4, 0.5) is 5.69 Å². The zero-order valence-electron chi connectivity index (χ0n) is 7.13. The molecule has 70 valence electrons. The fourth-order valence-electron chi connectivity index (χ4n) is 1.29. The summed E-state index contributed by atoms with van der Waals surface area (Å²) in [7, 11) is 0. The minimum Gasteiger partial charge on any atom is -0.385 e. The molecule has 0 amide bonds. The molecule has 0 bridgehead atoms. The summed E-state index contributed by atoms with van der Waals surface area (Å²) in [5.74, 6) is 0.399. The maximum Gasteiger partial charge on any atom is 0.123 e. The fraction of sp³-hybridized carbons (Fsp3) is 0.400. The van der Waals surface area contributed by atoms with E-state index in [1.54, 1.807) is 0 Å². The lowest BCUT2D eigenvalue weighted by molar-refractivity contribution is 0.875. The van der Waals surface area contributed by atoms with E-state index in [1.807, 2.05) is 30.3 Å². The Hall–Kier alpha value is -0.400. The Kier molecular flexibility index (Phi) is 2.39. The quantitative estimate of drug-likeness (QED) is 0.764. The third kappa shape index (κ3) is 2.29. The van der Waals surface area contributed by atoms with Crippen molar-refractivity contribution in [3.05, 3.63) is 30.3 Å². The minimum atomic E-state index is -0.470. The molecule has 0 heterocycles. The minimum absolute atomic E-state index is 0.399.